The van der Waals surface area contributed by atoms with Crippen LogP contribution >= 0.6 is 11.8 Å². The highest BCUT2D eigenvalue weighted by Gasteiger charge is 2.33. The van der Waals surface area contributed by atoms with E-state index in [-0.39, 0.29) is 5.69 Å². The molecule has 0 aliphatic rings. The van der Waals surface area contributed by atoms with Gasteiger partial charge in [0.25, 0.3) is 0 Å². The number of thioether (sulfide) groups is 1. The Morgan fingerprint density at radius 3 is 2.62 bits per heavy atom. The van der Waals surface area contributed by atoms with Crippen molar-refractivity contribution in [1.29, 1.82) is 0 Å². The Bertz CT molecular complexity index is 390. The molecule has 0 unspecified atom stereocenters. The Hall–Kier alpha value is -1.11. The average Bonchev–Trinajstić information content (AvgIpc) is 2.25. The fourth-order valence-corrected chi connectivity index (χ4v) is 1.68. The molecule has 16 heavy (non-hydrogen) atoms. The van der Waals surface area contributed by atoms with Gasteiger partial charge in [0, 0.05) is 7.05 Å². The van der Waals surface area contributed by atoms with E-state index in [4.69, 9.17) is 0 Å². The topological polar surface area (TPSA) is 38.1 Å². The number of aliphatic imine (C=N–C) groups is 1. The Balaban J connectivity index is 3.07. The highest BCUT2D eigenvalue weighted by atomic mass is 32.2. The molecule has 0 bridgehead atoms. The third-order valence-electron chi connectivity index (χ3n) is 1.66. The van der Waals surface area contributed by atoms with Gasteiger partial charge >= 0.3 is 6.18 Å². The summed E-state index contributed by atoms with van der Waals surface area (Å²) in [7, 11) is 1.52. The highest BCUT2D eigenvalue weighted by molar-refractivity contribution is 8.14. The van der Waals surface area contributed by atoms with Crippen LogP contribution in [0.15, 0.2) is 17.4 Å². The van der Waals surface area contributed by atoms with Crippen LogP contribution in [-0.2, 0) is 6.18 Å². The van der Waals surface area contributed by atoms with Crippen molar-refractivity contribution in [2.75, 3.05) is 12.8 Å². The molecule has 1 aromatic rings. The Morgan fingerprint density at radius 2 is 2.12 bits per heavy atom. The minimum atomic E-state index is -4.45. The summed E-state index contributed by atoms with van der Waals surface area (Å²) in [5, 5.41) is 0.482. The molecule has 0 saturated carbocycles. The largest absolute Gasteiger partial charge is 0.433 e. The van der Waals surface area contributed by atoms with Gasteiger partial charge in [-0.25, -0.2) is 9.97 Å². The van der Waals surface area contributed by atoms with E-state index in [0.29, 0.717) is 5.04 Å². The van der Waals surface area contributed by atoms with Gasteiger partial charge in [-0.1, -0.05) is 6.92 Å². The van der Waals surface area contributed by atoms with Crippen molar-refractivity contribution in [2.45, 2.75) is 13.1 Å². The second-order valence-electron chi connectivity index (χ2n) is 2.75. The molecule has 0 fully saturated rings. The van der Waals surface area contributed by atoms with Crippen molar-refractivity contribution < 1.29 is 13.2 Å². The first-order valence-corrected chi connectivity index (χ1v) is 5.46. The maximum atomic E-state index is 12.4. The van der Waals surface area contributed by atoms with Gasteiger partial charge in [-0.3, -0.25) is 4.99 Å². The molecule has 1 aromatic heterocycles. The van der Waals surface area contributed by atoms with Crippen molar-refractivity contribution in [3.8, 4) is 0 Å². The average molecular weight is 249 g/mol. The number of alkyl halides is 3. The lowest BCUT2D eigenvalue weighted by Crippen LogP contribution is -2.11. The van der Waals surface area contributed by atoms with Crippen LogP contribution in [0.4, 0.5) is 13.2 Å². The molecule has 0 aliphatic heterocycles. The molecule has 0 amide bonds. The second-order valence-corrected chi connectivity index (χ2v) is 4.00. The van der Waals surface area contributed by atoms with Gasteiger partial charge in [0.1, 0.15) is 17.1 Å². The summed E-state index contributed by atoms with van der Waals surface area (Å²) < 4.78 is 37.2. The van der Waals surface area contributed by atoms with Gasteiger partial charge in [-0.2, -0.15) is 13.2 Å². The molecule has 0 N–H and O–H groups in total. The maximum Gasteiger partial charge on any atom is 0.433 e. The predicted octanol–water partition coefficient (Wildman–Crippen LogP) is 2.62. The lowest BCUT2D eigenvalue weighted by Gasteiger charge is -2.07. The van der Waals surface area contributed by atoms with E-state index in [1.807, 2.05) is 6.92 Å². The molecular weight excluding hydrogens is 239 g/mol. The lowest BCUT2D eigenvalue weighted by molar-refractivity contribution is -0.141. The van der Waals surface area contributed by atoms with Crippen molar-refractivity contribution in [3.05, 3.63) is 23.8 Å². The zero-order chi connectivity index (χ0) is 12.2. The van der Waals surface area contributed by atoms with Crippen LogP contribution in [0, 0.1) is 0 Å². The first-order valence-electron chi connectivity index (χ1n) is 4.48. The van der Waals surface area contributed by atoms with Gasteiger partial charge < -0.3 is 0 Å². The fourth-order valence-electron chi connectivity index (χ4n) is 1.02. The monoisotopic (exact) mass is 249 g/mol. The summed E-state index contributed by atoms with van der Waals surface area (Å²) in [5.41, 5.74) is -0.743. The quantitative estimate of drug-likeness (QED) is 0.597. The SMILES string of the molecule is CCS/C(=N\C)c1cc(C(F)(F)F)ncn1. The third-order valence-corrected chi connectivity index (χ3v) is 2.61. The van der Waals surface area contributed by atoms with Crippen LogP contribution in [0.3, 0.4) is 0 Å². The molecule has 1 rings (SSSR count). The first kappa shape index (κ1) is 13.0. The van der Waals surface area contributed by atoms with E-state index in [0.717, 1.165) is 18.1 Å². The molecule has 88 valence electrons. The summed E-state index contributed by atoms with van der Waals surface area (Å²) >= 11 is 1.34. The second kappa shape index (κ2) is 5.29. The Labute approximate surface area is 95.2 Å². The van der Waals surface area contributed by atoms with Crippen molar-refractivity contribution >= 4 is 16.8 Å². The van der Waals surface area contributed by atoms with Crippen LogP contribution in [0.25, 0.3) is 0 Å². The first-order chi connectivity index (χ1) is 7.49. The van der Waals surface area contributed by atoms with Crippen LogP contribution in [0.2, 0.25) is 0 Å². The Morgan fingerprint density at radius 1 is 1.44 bits per heavy atom. The molecule has 0 radical (unpaired) electrons. The van der Waals surface area contributed by atoms with Crippen molar-refractivity contribution in [2.24, 2.45) is 4.99 Å². The van der Waals surface area contributed by atoms with E-state index in [1.54, 1.807) is 0 Å². The molecule has 1 heterocycles. The smallest absolute Gasteiger partial charge is 0.280 e. The van der Waals surface area contributed by atoms with E-state index in [2.05, 4.69) is 15.0 Å². The summed E-state index contributed by atoms with van der Waals surface area (Å²) in [6.45, 7) is 1.89. The molecule has 0 saturated heterocycles. The van der Waals surface area contributed by atoms with Crippen LogP contribution in [0.5, 0.6) is 0 Å². The summed E-state index contributed by atoms with van der Waals surface area (Å²) in [6, 6.07) is 0.908. The molecule has 0 aromatic carbocycles. The number of nitrogens with zero attached hydrogens (tertiary/aromatic N) is 3. The van der Waals surface area contributed by atoms with Gasteiger partial charge in [0.15, 0.2) is 0 Å². The standard InChI is InChI=1S/C9H10F3N3S/c1-3-16-8(13-2)6-4-7(9(10,11)12)15-5-14-6/h4-5H,3H2,1-2H3/b13-8-. The minimum Gasteiger partial charge on any atom is -0.280 e. The van der Waals surface area contributed by atoms with Gasteiger partial charge in [0.05, 0.1) is 5.69 Å². The predicted molar refractivity (Wildman–Crippen MR) is 57.6 cm³/mol. The molecule has 7 heteroatoms. The van der Waals surface area contributed by atoms with E-state index < -0.39 is 11.9 Å². The number of hydrogen-bond donors (Lipinski definition) is 0. The zero-order valence-electron chi connectivity index (χ0n) is 8.75. The molecular formula is C9H10F3N3S. The van der Waals surface area contributed by atoms with E-state index in [9.17, 15) is 13.2 Å². The number of halogens is 3. The minimum absolute atomic E-state index is 0.205. The summed E-state index contributed by atoms with van der Waals surface area (Å²) in [5.74, 6) is 0.720. The molecule has 0 spiro atoms. The van der Waals surface area contributed by atoms with E-state index in [1.165, 1.54) is 18.8 Å². The summed E-state index contributed by atoms with van der Waals surface area (Å²) in [4.78, 5) is 10.9. The molecule has 3 nitrogen and oxygen atoms in total. The van der Waals surface area contributed by atoms with Crippen LogP contribution in [-0.4, -0.2) is 27.8 Å². The number of hydrogen-bond acceptors (Lipinski definition) is 4. The Kier molecular flexibility index (Phi) is 4.28. The zero-order valence-corrected chi connectivity index (χ0v) is 9.56. The fraction of sp³-hybridized carbons (Fsp3) is 0.444. The van der Waals surface area contributed by atoms with Gasteiger partial charge in [0.2, 0.25) is 0 Å². The van der Waals surface area contributed by atoms with Crippen molar-refractivity contribution in [1.82, 2.24) is 9.97 Å². The molecule has 0 aliphatic carbocycles. The number of aromatic nitrogens is 2. The molecule has 0 atom stereocenters. The normalized spacial score (nSPS) is 12.9. The van der Waals surface area contributed by atoms with Crippen LogP contribution in [0.1, 0.15) is 18.3 Å². The van der Waals surface area contributed by atoms with Crippen LogP contribution < -0.4 is 0 Å². The third kappa shape index (κ3) is 3.19. The maximum absolute atomic E-state index is 12.4. The van der Waals surface area contributed by atoms with E-state index >= 15 is 0 Å². The highest BCUT2D eigenvalue weighted by Crippen LogP contribution is 2.27. The van der Waals surface area contributed by atoms with Crippen molar-refractivity contribution in [3.63, 3.8) is 0 Å². The number of rotatable bonds is 2. The lowest BCUT2D eigenvalue weighted by atomic mass is 10.3. The van der Waals surface area contributed by atoms with Gasteiger partial charge in [-0.15, -0.1) is 11.8 Å². The summed E-state index contributed by atoms with van der Waals surface area (Å²) in [6.07, 6.45) is -3.55. The van der Waals surface area contributed by atoms with Gasteiger partial charge in [-0.05, 0) is 11.8 Å².